The van der Waals surface area contributed by atoms with Crippen molar-refractivity contribution in [1.29, 1.82) is 0 Å². The lowest BCUT2D eigenvalue weighted by Gasteiger charge is -2.00. The van der Waals surface area contributed by atoms with Crippen LogP contribution in [-0.2, 0) is 11.3 Å². The number of aromatic nitrogens is 2. The zero-order valence-electron chi connectivity index (χ0n) is 13.8. The maximum atomic E-state index is 12.2. The van der Waals surface area contributed by atoms with Gasteiger partial charge in [0.05, 0.1) is 10.6 Å². The minimum atomic E-state index is -0.422. The van der Waals surface area contributed by atoms with Crippen LogP contribution < -0.4 is 0 Å². The van der Waals surface area contributed by atoms with Crippen LogP contribution >= 0.6 is 34.0 Å². The number of hydrogen-bond donors (Lipinski definition) is 0. The molecule has 0 N–H and O–H groups in total. The molecule has 130 valence electrons. The summed E-state index contributed by atoms with van der Waals surface area (Å²) < 4.78 is 5.37. The second-order valence-corrected chi connectivity index (χ2v) is 8.27. The van der Waals surface area contributed by atoms with Crippen LogP contribution in [-0.4, -0.2) is 15.9 Å². The predicted octanol–water partition coefficient (Wildman–Crippen LogP) is 5.66. The first-order valence-electron chi connectivity index (χ1n) is 7.87. The average molecular weight is 399 g/mol. The van der Waals surface area contributed by atoms with Crippen LogP contribution in [0.3, 0.4) is 0 Å². The zero-order valence-corrected chi connectivity index (χ0v) is 16.3. The van der Waals surface area contributed by atoms with Gasteiger partial charge in [-0.25, -0.2) is 14.8 Å². The molecule has 0 fully saturated rings. The molecule has 4 rings (SSSR count). The van der Waals surface area contributed by atoms with Crippen molar-refractivity contribution in [2.75, 3.05) is 0 Å². The Bertz CT molecular complexity index is 1020. The van der Waals surface area contributed by atoms with Gasteiger partial charge in [-0.3, -0.25) is 0 Å². The number of rotatable bonds is 5. The normalized spacial score (nSPS) is 10.8. The molecule has 4 nitrogen and oxygen atoms in total. The largest absolute Gasteiger partial charge is 0.454 e. The van der Waals surface area contributed by atoms with Gasteiger partial charge in [-0.05, 0) is 18.4 Å². The summed E-state index contributed by atoms with van der Waals surface area (Å²) in [7, 11) is 0. The van der Waals surface area contributed by atoms with E-state index in [1.54, 1.807) is 28.1 Å². The molecule has 0 spiro atoms. The van der Waals surface area contributed by atoms with E-state index in [2.05, 4.69) is 29.0 Å². The first-order chi connectivity index (χ1) is 12.7. The van der Waals surface area contributed by atoms with E-state index < -0.39 is 5.97 Å². The highest BCUT2D eigenvalue weighted by Gasteiger charge is 2.15. The quantitative estimate of drug-likeness (QED) is 0.407. The van der Waals surface area contributed by atoms with Gasteiger partial charge in [0.2, 0.25) is 0 Å². The Morgan fingerprint density at radius 3 is 2.58 bits per heavy atom. The SMILES string of the molecule is Cc1ccc(-c2nc(COC(=O)c3csc(-c4cccs4)n3)cs2)cc1. The summed E-state index contributed by atoms with van der Waals surface area (Å²) in [4.78, 5) is 22.2. The Hall–Kier alpha value is -2.35. The third-order valence-corrected chi connectivity index (χ3v) is 6.47. The molecule has 0 aliphatic carbocycles. The van der Waals surface area contributed by atoms with Crippen molar-refractivity contribution in [2.24, 2.45) is 0 Å². The summed E-state index contributed by atoms with van der Waals surface area (Å²) in [5, 5.41) is 7.39. The first kappa shape index (κ1) is 17.1. The highest BCUT2D eigenvalue weighted by atomic mass is 32.1. The Morgan fingerprint density at radius 2 is 1.81 bits per heavy atom. The number of benzene rings is 1. The summed E-state index contributed by atoms with van der Waals surface area (Å²) >= 11 is 4.59. The van der Waals surface area contributed by atoms with Crippen molar-refractivity contribution in [1.82, 2.24) is 9.97 Å². The van der Waals surface area contributed by atoms with Crippen LogP contribution in [0.2, 0.25) is 0 Å². The monoisotopic (exact) mass is 398 g/mol. The van der Waals surface area contributed by atoms with E-state index in [0.29, 0.717) is 5.69 Å². The molecular formula is C19H14N2O2S3. The van der Waals surface area contributed by atoms with Crippen LogP contribution in [0.4, 0.5) is 0 Å². The number of ether oxygens (including phenoxy) is 1. The minimum Gasteiger partial charge on any atom is -0.454 e. The lowest BCUT2D eigenvalue weighted by molar-refractivity contribution is 0.0462. The van der Waals surface area contributed by atoms with Crippen LogP contribution in [0.15, 0.2) is 52.5 Å². The number of nitrogens with zero attached hydrogens (tertiary/aromatic N) is 2. The number of esters is 1. The van der Waals surface area contributed by atoms with Crippen molar-refractivity contribution < 1.29 is 9.53 Å². The van der Waals surface area contributed by atoms with Gasteiger partial charge in [-0.15, -0.1) is 34.0 Å². The minimum absolute atomic E-state index is 0.146. The topological polar surface area (TPSA) is 52.1 Å². The van der Waals surface area contributed by atoms with Crippen LogP contribution in [0, 0.1) is 6.92 Å². The van der Waals surface area contributed by atoms with E-state index in [1.807, 2.05) is 35.0 Å². The van der Waals surface area contributed by atoms with E-state index in [-0.39, 0.29) is 6.61 Å². The van der Waals surface area contributed by atoms with Gasteiger partial charge in [0.15, 0.2) is 5.69 Å². The number of thiazole rings is 2. The molecule has 4 aromatic rings. The molecule has 1 aromatic carbocycles. The summed E-state index contributed by atoms with van der Waals surface area (Å²) in [6.45, 7) is 2.20. The highest BCUT2D eigenvalue weighted by molar-refractivity contribution is 7.20. The zero-order chi connectivity index (χ0) is 17.9. The van der Waals surface area contributed by atoms with Gasteiger partial charge in [-0.2, -0.15) is 0 Å². The molecule has 26 heavy (non-hydrogen) atoms. The fraction of sp³-hybridized carbons (Fsp3) is 0.105. The molecule has 3 heterocycles. The van der Waals surface area contributed by atoms with Crippen LogP contribution in [0.5, 0.6) is 0 Å². The van der Waals surface area contributed by atoms with Gasteiger partial charge in [0.25, 0.3) is 0 Å². The lowest BCUT2D eigenvalue weighted by Crippen LogP contribution is -2.05. The fourth-order valence-electron chi connectivity index (χ4n) is 2.30. The molecular weight excluding hydrogens is 384 g/mol. The number of carbonyl (C=O) groups excluding carboxylic acids is 1. The molecule has 0 saturated carbocycles. The maximum absolute atomic E-state index is 12.2. The summed E-state index contributed by atoms with van der Waals surface area (Å²) in [6.07, 6.45) is 0. The van der Waals surface area contributed by atoms with Gasteiger partial charge in [-0.1, -0.05) is 35.9 Å². The van der Waals surface area contributed by atoms with Gasteiger partial charge in [0, 0.05) is 16.3 Å². The van der Waals surface area contributed by atoms with Crippen molar-refractivity contribution in [2.45, 2.75) is 13.5 Å². The van der Waals surface area contributed by atoms with E-state index in [9.17, 15) is 4.79 Å². The Balaban J connectivity index is 1.40. The second kappa shape index (κ2) is 7.49. The predicted molar refractivity (Wildman–Crippen MR) is 107 cm³/mol. The van der Waals surface area contributed by atoms with E-state index in [1.165, 1.54) is 16.9 Å². The Kier molecular flexibility index (Phi) is 4.92. The van der Waals surface area contributed by atoms with Gasteiger partial charge < -0.3 is 4.74 Å². The van der Waals surface area contributed by atoms with E-state index in [4.69, 9.17) is 4.74 Å². The van der Waals surface area contributed by atoms with Gasteiger partial charge in [0.1, 0.15) is 16.6 Å². The summed E-state index contributed by atoms with van der Waals surface area (Å²) in [6, 6.07) is 12.2. The smallest absolute Gasteiger partial charge is 0.358 e. The van der Waals surface area contributed by atoms with E-state index >= 15 is 0 Å². The molecule has 0 atom stereocenters. The molecule has 0 unspecified atom stereocenters. The Morgan fingerprint density at radius 1 is 1.00 bits per heavy atom. The maximum Gasteiger partial charge on any atom is 0.358 e. The molecule has 0 bridgehead atoms. The van der Waals surface area contributed by atoms with Gasteiger partial charge >= 0.3 is 5.97 Å². The highest BCUT2D eigenvalue weighted by Crippen LogP contribution is 2.28. The molecule has 0 aliphatic heterocycles. The van der Waals surface area contributed by atoms with Crippen molar-refractivity contribution >= 4 is 40.0 Å². The standard InChI is InChI=1S/C19H14N2O2S3/c1-12-4-6-13(7-5-12)17-20-14(10-25-17)9-23-19(22)15-11-26-18(21-15)16-3-2-8-24-16/h2-8,10-11H,9H2,1H3. The fourth-order valence-corrected chi connectivity index (χ4v) is 4.71. The average Bonchev–Trinajstić information content (AvgIpc) is 3.41. The first-order valence-corrected chi connectivity index (χ1v) is 10.5. The van der Waals surface area contributed by atoms with Crippen LogP contribution in [0.25, 0.3) is 20.5 Å². The molecule has 0 radical (unpaired) electrons. The van der Waals surface area contributed by atoms with Crippen molar-refractivity contribution in [3.8, 4) is 20.5 Å². The molecule has 0 amide bonds. The third kappa shape index (κ3) is 3.75. The Labute approximate surface area is 162 Å². The third-order valence-electron chi connectivity index (χ3n) is 3.65. The molecule has 0 aliphatic rings. The number of aryl methyl sites for hydroxylation is 1. The lowest BCUT2D eigenvalue weighted by atomic mass is 10.2. The number of thiophene rings is 1. The number of hydrogen-bond acceptors (Lipinski definition) is 7. The summed E-state index contributed by atoms with van der Waals surface area (Å²) in [5.74, 6) is -0.422. The molecule has 7 heteroatoms. The molecule has 0 saturated heterocycles. The molecule has 3 aromatic heterocycles. The van der Waals surface area contributed by atoms with E-state index in [0.717, 1.165) is 26.1 Å². The summed E-state index contributed by atoms with van der Waals surface area (Å²) in [5.41, 5.74) is 3.36. The van der Waals surface area contributed by atoms with Crippen molar-refractivity contribution in [3.05, 3.63) is 69.5 Å². The van der Waals surface area contributed by atoms with Crippen LogP contribution in [0.1, 0.15) is 21.7 Å². The number of carbonyl (C=O) groups is 1. The second-order valence-electron chi connectivity index (χ2n) is 5.60. The van der Waals surface area contributed by atoms with Crippen molar-refractivity contribution in [3.63, 3.8) is 0 Å².